The number of rotatable bonds is 7. The second-order valence-corrected chi connectivity index (χ2v) is 11.7. The van der Waals surface area contributed by atoms with E-state index < -0.39 is 11.7 Å². The van der Waals surface area contributed by atoms with E-state index in [0.717, 1.165) is 23.1 Å². The number of alkyl halides is 3. The number of aryl methyl sites for hydroxylation is 1. The average Bonchev–Trinajstić information content (AvgIpc) is 3.79. The van der Waals surface area contributed by atoms with Crippen molar-refractivity contribution in [2.75, 3.05) is 25.0 Å². The number of allylic oxidation sites excluding steroid dienone is 1. The molecule has 3 aromatic carbocycles. The van der Waals surface area contributed by atoms with Crippen LogP contribution in [0, 0.1) is 24.2 Å². The maximum absolute atomic E-state index is 12.6. The van der Waals surface area contributed by atoms with Gasteiger partial charge in [-0.1, -0.05) is 62.9 Å². The molecule has 1 aliphatic carbocycles. The smallest absolute Gasteiger partial charge is 0.359 e. The van der Waals surface area contributed by atoms with Crippen LogP contribution in [-0.4, -0.2) is 24.5 Å². The number of nitrogens with one attached hydrogen (secondary N) is 1. The molecule has 0 aromatic heterocycles. The van der Waals surface area contributed by atoms with E-state index >= 15 is 0 Å². The molecule has 1 aliphatic heterocycles. The molecule has 1 heterocycles. The van der Waals surface area contributed by atoms with Crippen LogP contribution in [0.15, 0.2) is 79.0 Å². The summed E-state index contributed by atoms with van der Waals surface area (Å²) in [7, 11) is 0. The molecule has 216 valence electrons. The number of nitrogens with zero attached hydrogens (tertiary/aromatic N) is 2. The van der Waals surface area contributed by atoms with Crippen molar-refractivity contribution in [2.45, 2.75) is 64.5 Å². The number of hydrogen-bond donors (Lipinski definition) is 1. The summed E-state index contributed by atoms with van der Waals surface area (Å²) >= 11 is 0. The average molecular weight is 560 g/mol. The molecule has 1 saturated heterocycles. The van der Waals surface area contributed by atoms with E-state index in [1.807, 2.05) is 25.1 Å². The zero-order valence-corrected chi connectivity index (χ0v) is 24.3. The van der Waals surface area contributed by atoms with Gasteiger partial charge in [-0.15, -0.1) is 0 Å². The molecule has 0 radical (unpaired) electrons. The summed E-state index contributed by atoms with van der Waals surface area (Å²) in [5.74, 6) is 0.993. The minimum atomic E-state index is -4.31. The molecule has 5 rings (SSSR count). The van der Waals surface area contributed by atoms with Gasteiger partial charge < -0.3 is 10.2 Å². The van der Waals surface area contributed by atoms with Crippen LogP contribution in [0.1, 0.15) is 68.2 Å². The number of nitriles is 1. The Balaban J connectivity index is 0.000000210. The fraction of sp³-hybridized carbons (Fsp3) is 0.400. The van der Waals surface area contributed by atoms with Crippen molar-refractivity contribution in [1.82, 2.24) is 4.90 Å². The minimum absolute atomic E-state index is 0.222. The second kappa shape index (κ2) is 13.0. The van der Waals surface area contributed by atoms with Gasteiger partial charge in [0.25, 0.3) is 0 Å². The van der Waals surface area contributed by atoms with Gasteiger partial charge in [-0.2, -0.15) is 18.4 Å². The minimum Gasteiger partial charge on any atom is -0.359 e. The first-order valence-electron chi connectivity index (χ1n) is 14.5. The molecule has 0 spiro atoms. The lowest BCUT2D eigenvalue weighted by Crippen LogP contribution is -2.41. The topological polar surface area (TPSA) is 39.1 Å². The Kier molecular flexibility index (Phi) is 9.60. The standard InChI is InChI=1S/C23H26N2.C12H14F3N/c1-23(11-13-25(14-12-23)17-18-5-6-18)22-9-7-20(8-10-22)21-4-2-3-19(15-21)16-24;1-4-9(3)16-10-6-5-8(2)11(7-10)12(13,14)15/h2-4,7-10,15,18H,5-6,11-14,17H2,1H3;5-7,16H,3-4H2,1-2H3. The fourth-order valence-corrected chi connectivity index (χ4v) is 5.31. The van der Waals surface area contributed by atoms with E-state index in [4.69, 9.17) is 5.26 Å². The number of hydrogen-bond acceptors (Lipinski definition) is 3. The van der Waals surface area contributed by atoms with Gasteiger partial charge in [0.15, 0.2) is 0 Å². The van der Waals surface area contributed by atoms with Crippen LogP contribution in [0.5, 0.6) is 0 Å². The first-order valence-corrected chi connectivity index (χ1v) is 14.5. The Morgan fingerprint density at radius 2 is 1.71 bits per heavy atom. The quantitative estimate of drug-likeness (QED) is 0.313. The van der Waals surface area contributed by atoms with E-state index in [1.54, 1.807) is 6.07 Å². The van der Waals surface area contributed by atoms with Crippen molar-refractivity contribution in [3.05, 3.63) is 101 Å². The third-order valence-corrected chi connectivity index (χ3v) is 8.37. The SMILES string of the molecule is C=C(CC)Nc1ccc(C)c(C(F)(F)F)c1.CC1(c2ccc(-c3cccc(C#N)c3)cc2)CCN(CC2CC2)CC1. The Hall–Kier alpha value is -3.56. The predicted octanol–water partition coefficient (Wildman–Crippen LogP) is 9.34. The van der Waals surface area contributed by atoms with Gasteiger partial charge in [0.1, 0.15) is 0 Å². The van der Waals surface area contributed by atoms with Crippen molar-refractivity contribution in [3.8, 4) is 17.2 Å². The molecular weight excluding hydrogens is 519 g/mol. The van der Waals surface area contributed by atoms with Crippen LogP contribution < -0.4 is 5.32 Å². The van der Waals surface area contributed by atoms with Crippen molar-refractivity contribution < 1.29 is 13.2 Å². The summed E-state index contributed by atoms with van der Waals surface area (Å²) in [5.41, 5.74) is 5.51. The summed E-state index contributed by atoms with van der Waals surface area (Å²) in [6, 6.07) is 23.3. The summed E-state index contributed by atoms with van der Waals surface area (Å²) in [6.45, 7) is 13.2. The molecule has 6 heteroatoms. The Morgan fingerprint density at radius 1 is 1.02 bits per heavy atom. The van der Waals surface area contributed by atoms with Crippen LogP contribution in [0.25, 0.3) is 11.1 Å². The molecule has 2 fully saturated rings. The van der Waals surface area contributed by atoms with Crippen molar-refractivity contribution in [2.24, 2.45) is 5.92 Å². The van der Waals surface area contributed by atoms with Crippen LogP contribution in [0.3, 0.4) is 0 Å². The van der Waals surface area contributed by atoms with E-state index in [-0.39, 0.29) is 5.56 Å². The van der Waals surface area contributed by atoms with Crippen LogP contribution >= 0.6 is 0 Å². The Labute approximate surface area is 242 Å². The highest BCUT2D eigenvalue weighted by Gasteiger charge is 2.34. The van der Waals surface area contributed by atoms with E-state index in [9.17, 15) is 13.2 Å². The summed E-state index contributed by atoms with van der Waals surface area (Å²) in [6.07, 6.45) is 1.76. The molecule has 0 amide bonds. The Bertz CT molecular complexity index is 1370. The summed E-state index contributed by atoms with van der Waals surface area (Å²) in [4.78, 5) is 2.67. The molecule has 0 atom stereocenters. The summed E-state index contributed by atoms with van der Waals surface area (Å²) < 4.78 is 37.8. The molecule has 1 saturated carbocycles. The van der Waals surface area contributed by atoms with Gasteiger partial charge in [-0.25, -0.2) is 0 Å². The molecular formula is C35H40F3N3. The van der Waals surface area contributed by atoms with E-state index in [1.165, 1.54) is 69.4 Å². The van der Waals surface area contributed by atoms with Gasteiger partial charge in [-0.05, 0) is 110 Å². The van der Waals surface area contributed by atoms with Crippen molar-refractivity contribution in [1.29, 1.82) is 5.26 Å². The van der Waals surface area contributed by atoms with Crippen LogP contribution in [0.4, 0.5) is 18.9 Å². The van der Waals surface area contributed by atoms with E-state index in [2.05, 4.69) is 60.1 Å². The molecule has 0 unspecified atom stereocenters. The van der Waals surface area contributed by atoms with Gasteiger partial charge in [0, 0.05) is 17.9 Å². The number of anilines is 1. The summed E-state index contributed by atoms with van der Waals surface area (Å²) in [5, 5.41) is 11.9. The number of likely N-dealkylation sites (tertiary alicyclic amines) is 1. The molecule has 3 aromatic rings. The number of piperidine rings is 1. The largest absolute Gasteiger partial charge is 0.416 e. The molecule has 41 heavy (non-hydrogen) atoms. The third kappa shape index (κ3) is 8.24. The molecule has 1 N–H and O–H groups in total. The van der Waals surface area contributed by atoms with Gasteiger partial charge in [0.05, 0.1) is 17.2 Å². The lowest BCUT2D eigenvalue weighted by Gasteiger charge is -2.40. The molecule has 2 aliphatic rings. The van der Waals surface area contributed by atoms with Gasteiger partial charge in [0.2, 0.25) is 0 Å². The monoisotopic (exact) mass is 559 g/mol. The first-order chi connectivity index (χ1) is 19.5. The maximum Gasteiger partial charge on any atom is 0.416 e. The Morgan fingerprint density at radius 3 is 2.29 bits per heavy atom. The van der Waals surface area contributed by atoms with Gasteiger partial charge >= 0.3 is 6.18 Å². The number of halogens is 3. The maximum atomic E-state index is 12.6. The highest BCUT2D eigenvalue weighted by Crippen LogP contribution is 2.38. The second-order valence-electron chi connectivity index (χ2n) is 11.7. The highest BCUT2D eigenvalue weighted by molar-refractivity contribution is 5.65. The van der Waals surface area contributed by atoms with Crippen molar-refractivity contribution >= 4 is 5.69 Å². The van der Waals surface area contributed by atoms with Crippen LogP contribution in [0.2, 0.25) is 0 Å². The normalized spacial score (nSPS) is 16.7. The van der Waals surface area contributed by atoms with Crippen molar-refractivity contribution in [3.63, 3.8) is 0 Å². The molecule has 3 nitrogen and oxygen atoms in total. The zero-order chi connectivity index (χ0) is 29.6. The first kappa shape index (κ1) is 30.4. The highest BCUT2D eigenvalue weighted by atomic mass is 19.4. The third-order valence-electron chi connectivity index (χ3n) is 8.37. The van der Waals surface area contributed by atoms with E-state index in [0.29, 0.717) is 23.2 Å². The number of benzene rings is 3. The zero-order valence-electron chi connectivity index (χ0n) is 24.3. The predicted molar refractivity (Wildman–Crippen MR) is 162 cm³/mol. The van der Waals surface area contributed by atoms with Crippen LogP contribution in [-0.2, 0) is 11.6 Å². The van der Waals surface area contributed by atoms with Gasteiger partial charge in [-0.3, -0.25) is 0 Å². The fourth-order valence-electron chi connectivity index (χ4n) is 5.31. The lowest BCUT2D eigenvalue weighted by atomic mass is 9.74. The lowest BCUT2D eigenvalue weighted by molar-refractivity contribution is -0.138. The molecule has 0 bridgehead atoms.